The molecule has 136 valence electrons. The minimum Gasteiger partial charge on any atom is -0.333 e. The molecule has 1 amide bonds. The molecule has 1 heterocycles. The van der Waals surface area contributed by atoms with Crippen molar-refractivity contribution >= 4 is 41.3 Å². The van der Waals surface area contributed by atoms with Gasteiger partial charge in [-0.2, -0.15) is 18.4 Å². The van der Waals surface area contributed by atoms with Crippen LogP contribution >= 0.6 is 24.6 Å². The molecule has 0 radical (unpaired) electrons. The Balaban J connectivity index is 0.00000312. The fourth-order valence-corrected chi connectivity index (χ4v) is 3.08. The van der Waals surface area contributed by atoms with Crippen molar-refractivity contribution in [1.82, 2.24) is 4.90 Å². The zero-order chi connectivity index (χ0) is 18.3. The van der Waals surface area contributed by atoms with E-state index in [1.807, 2.05) is 0 Å². The molecule has 1 fully saturated rings. The Morgan fingerprint density at radius 3 is 2.44 bits per heavy atom. The molecule has 1 aliphatic rings. The highest BCUT2D eigenvalue weighted by Crippen LogP contribution is 2.37. The highest BCUT2D eigenvalue weighted by molar-refractivity contribution is 7.80. The molecule has 10 heteroatoms. The number of carbonyl (C=O) groups excluding carboxylic acids is 1. The molecule has 1 aromatic carbocycles. The molecule has 0 atom stereocenters. The van der Waals surface area contributed by atoms with Crippen LogP contribution < -0.4 is 10.6 Å². The topological polar surface area (TPSA) is 73.4 Å². The molecule has 0 saturated carbocycles. The smallest absolute Gasteiger partial charge is 0.333 e. The van der Waals surface area contributed by atoms with Gasteiger partial charge in [-0.05, 0) is 44.3 Å². The lowest BCUT2D eigenvalue weighted by molar-refractivity contribution is -0.137. The van der Waals surface area contributed by atoms with Gasteiger partial charge in [-0.1, -0.05) is 0 Å². The van der Waals surface area contributed by atoms with E-state index in [0.29, 0.717) is 6.54 Å². The fraction of sp³-hybridized carbons (Fsp3) is 0.400. The van der Waals surface area contributed by atoms with E-state index in [0.717, 1.165) is 17.0 Å². The van der Waals surface area contributed by atoms with Crippen LogP contribution in [0.4, 0.5) is 18.9 Å². The van der Waals surface area contributed by atoms with Crippen LogP contribution in [0, 0.1) is 11.3 Å². The molecule has 25 heavy (non-hydrogen) atoms. The summed E-state index contributed by atoms with van der Waals surface area (Å²) in [6.45, 7) is 3.81. The van der Waals surface area contributed by atoms with Gasteiger partial charge in [0.25, 0.3) is 5.91 Å². The average Bonchev–Trinajstić information content (AvgIpc) is 2.66. The first-order valence-electron chi connectivity index (χ1n) is 7.03. The molecule has 0 aromatic heterocycles. The van der Waals surface area contributed by atoms with Gasteiger partial charge in [-0.3, -0.25) is 9.69 Å². The van der Waals surface area contributed by atoms with E-state index >= 15 is 0 Å². The summed E-state index contributed by atoms with van der Waals surface area (Å²) in [5.41, 5.74) is 2.87. The highest BCUT2D eigenvalue weighted by atomic mass is 35.5. The van der Waals surface area contributed by atoms with Crippen LogP contribution in [-0.2, 0) is 11.0 Å². The second-order valence-electron chi connectivity index (χ2n) is 5.76. The fourth-order valence-electron chi connectivity index (χ4n) is 2.57. The van der Waals surface area contributed by atoms with Gasteiger partial charge in [-0.15, -0.1) is 12.4 Å². The zero-order valence-corrected chi connectivity index (χ0v) is 15.1. The van der Waals surface area contributed by atoms with Crippen molar-refractivity contribution in [2.75, 3.05) is 18.0 Å². The summed E-state index contributed by atoms with van der Waals surface area (Å²) in [6, 6.07) is 4.59. The van der Waals surface area contributed by atoms with Crippen LogP contribution in [0.15, 0.2) is 18.2 Å². The third-order valence-electron chi connectivity index (χ3n) is 3.86. The van der Waals surface area contributed by atoms with Gasteiger partial charge in [0.2, 0.25) is 0 Å². The van der Waals surface area contributed by atoms with Crippen molar-refractivity contribution in [3.63, 3.8) is 0 Å². The van der Waals surface area contributed by atoms with Crippen LogP contribution in [0.2, 0.25) is 0 Å². The predicted molar refractivity (Wildman–Crippen MR) is 93.3 cm³/mol. The second-order valence-corrected chi connectivity index (χ2v) is 6.13. The molecule has 0 unspecified atom stereocenters. The van der Waals surface area contributed by atoms with Gasteiger partial charge in [0.05, 0.1) is 22.9 Å². The number of nitrogens with zero attached hydrogens (tertiary/aromatic N) is 3. The standard InChI is InChI=1S/C15H15F3N4OS.ClH/c1-14(2)12(23)22(13(24)21(14)6-5-19)10-4-3-9(8-20)11(7-10)15(16,17)18;/h3-4,7H,5-6,19H2,1-2H3;1H. The number of amides is 1. The molecule has 5 nitrogen and oxygen atoms in total. The van der Waals surface area contributed by atoms with Crippen LogP contribution in [0.5, 0.6) is 0 Å². The van der Waals surface area contributed by atoms with Crippen LogP contribution in [-0.4, -0.2) is 34.5 Å². The number of nitrogens with two attached hydrogens (primary N) is 1. The summed E-state index contributed by atoms with van der Waals surface area (Å²) in [5, 5.41) is 8.95. The van der Waals surface area contributed by atoms with Gasteiger partial charge in [-0.25, -0.2) is 0 Å². The van der Waals surface area contributed by atoms with Crippen LogP contribution in [0.3, 0.4) is 0 Å². The lowest BCUT2D eigenvalue weighted by Gasteiger charge is -2.28. The third kappa shape index (κ3) is 3.56. The van der Waals surface area contributed by atoms with Crippen molar-refractivity contribution in [2.45, 2.75) is 25.6 Å². The summed E-state index contributed by atoms with van der Waals surface area (Å²) in [4.78, 5) is 15.3. The van der Waals surface area contributed by atoms with Crippen molar-refractivity contribution in [2.24, 2.45) is 5.73 Å². The molecule has 1 aromatic rings. The maximum absolute atomic E-state index is 13.1. The number of hydrogen-bond donors (Lipinski definition) is 1. The maximum Gasteiger partial charge on any atom is 0.417 e. The monoisotopic (exact) mass is 392 g/mol. The van der Waals surface area contributed by atoms with Gasteiger partial charge >= 0.3 is 6.18 Å². The first-order valence-corrected chi connectivity index (χ1v) is 7.44. The highest BCUT2D eigenvalue weighted by Gasteiger charge is 2.49. The van der Waals surface area contributed by atoms with Gasteiger partial charge in [0, 0.05) is 13.1 Å². The van der Waals surface area contributed by atoms with Crippen molar-refractivity contribution in [1.29, 1.82) is 5.26 Å². The second kappa shape index (κ2) is 7.15. The van der Waals surface area contributed by atoms with Crippen LogP contribution in [0.25, 0.3) is 0 Å². The third-order valence-corrected chi connectivity index (χ3v) is 4.27. The Hall–Kier alpha value is -1.89. The molecular weight excluding hydrogens is 377 g/mol. The summed E-state index contributed by atoms with van der Waals surface area (Å²) >= 11 is 5.26. The molecule has 1 aliphatic heterocycles. The lowest BCUT2D eigenvalue weighted by atomic mass is 10.0. The summed E-state index contributed by atoms with van der Waals surface area (Å²) < 4.78 is 39.4. The number of alkyl halides is 3. The van der Waals surface area contributed by atoms with E-state index in [-0.39, 0.29) is 29.8 Å². The van der Waals surface area contributed by atoms with E-state index in [9.17, 15) is 18.0 Å². The van der Waals surface area contributed by atoms with Gasteiger partial charge in [0.15, 0.2) is 5.11 Å². The molecule has 1 saturated heterocycles. The molecular formula is C15H16ClF3N4OS. The largest absolute Gasteiger partial charge is 0.417 e. The maximum atomic E-state index is 13.1. The number of benzene rings is 1. The summed E-state index contributed by atoms with van der Waals surface area (Å²) in [6.07, 6.45) is -4.71. The minimum atomic E-state index is -4.71. The Morgan fingerprint density at radius 1 is 1.36 bits per heavy atom. The van der Waals surface area contributed by atoms with E-state index in [1.54, 1.807) is 18.7 Å². The van der Waals surface area contributed by atoms with Crippen molar-refractivity contribution < 1.29 is 18.0 Å². The van der Waals surface area contributed by atoms with Crippen molar-refractivity contribution in [3.8, 4) is 6.07 Å². The Labute approximate surface area is 154 Å². The number of thiocarbonyl (C=S) groups is 1. The summed E-state index contributed by atoms with van der Waals surface area (Å²) in [5.74, 6) is -0.446. The average molecular weight is 393 g/mol. The van der Waals surface area contributed by atoms with Crippen LogP contribution in [0.1, 0.15) is 25.0 Å². The Kier molecular flexibility index (Phi) is 6.05. The van der Waals surface area contributed by atoms with E-state index in [2.05, 4.69) is 0 Å². The number of anilines is 1. The van der Waals surface area contributed by atoms with E-state index in [1.165, 1.54) is 12.1 Å². The summed E-state index contributed by atoms with van der Waals surface area (Å²) in [7, 11) is 0. The lowest BCUT2D eigenvalue weighted by Crippen LogP contribution is -2.46. The number of halogens is 4. The quantitative estimate of drug-likeness (QED) is 0.800. The Morgan fingerprint density at radius 2 is 1.96 bits per heavy atom. The SMILES string of the molecule is CC1(C)C(=O)N(c2ccc(C#N)c(C(F)(F)F)c2)C(=S)N1CCN.Cl. The van der Waals surface area contributed by atoms with Gasteiger partial charge in [0.1, 0.15) is 5.54 Å². The molecule has 0 spiro atoms. The van der Waals surface area contributed by atoms with E-state index in [4.69, 9.17) is 23.2 Å². The van der Waals surface area contributed by atoms with Gasteiger partial charge < -0.3 is 10.6 Å². The minimum absolute atomic E-state index is 0. The van der Waals surface area contributed by atoms with Crippen molar-refractivity contribution in [3.05, 3.63) is 29.3 Å². The normalized spacial score (nSPS) is 16.7. The number of nitriles is 1. The molecule has 0 aliphatic carbocycles. The first-order chi connectivity index (χ1) is 11.1. The molecule has 0 bridgehead atoms. The molecule has 2 rings (SSSR count). The Bertz CT molecular complexity index is 745. The molecule has 2 N–H and O–H groups in total. The number of hydrogen-bond acceptors (Lipinski definition) is 4. The number of carbonyl (C=O) groups is 1. The zero-order valence-electron chi connectivity index (χ0n) is 13.4. The number of rotatable bonds is 3. The van der Waals surface area contributed by atoms with E-state index < -0.39 is 28.7 Å². The first kappa shape index (κ1) is 21.2. The predicted octanol–water partition coefficient (Wildman–Crippen LogP) is 2.67.